The van der Waals surface area contributed by atoms with Crippen LogP contribution < -0.4 is 0 Å². The second kappa shape index (κ2) is 4.25. The van der Waals surface area contributed by atoms with Gasteiger partial charge in [-0.3, -0.25) is 4.79 Å². The van der Waals surface area contributed by atoms with Gasteiger partial charge in [-0.2, -0.15) is 0 Å². The van der Waals surface area contributed by atoms with Crippen molar-refractivity contribution < 1.29 is 9.53 Å². The summed E-state index contributed by atoms with van der Waals surface area (Å²) in [5, 5.41) is 0.702. The van der Waals surface area contributed by atoms with Crippen molar-refractivity contribution >= 4 is 29.0 Å². The van der Waals surface area contributed by atoms with E-state index in [-0.39, 0.29) is 5.78 Å². The molecule has 0 saturated heterocycles. The zero-order valence-electron chi connectivity index (χ0n) is 7.80. The Morgan fingerprint density at radius 3 is 2.47 bits per heavy atom. The molecule has 0 N–H and O–H groups in total. The first-order valence-electron chi connectivity index (χ1n) is 4.52. The number of ether oxygens (including phenoxy) is 1. The summed E-state index contributed by atoms with van der Waals surface area (Å²) in [7, 11) is 0. The van der Waals surface area contributed by atoms with Crippen molar-refractivity contribution in [3.8, 4) is 0 Å². The molecule has 0 amide bonds. The fourth-order valence-electron chi connectivity index (χ4n) is 1.41. The minimum Gasteiger partial charge on any atom is -0.489 e. The van der Waals surface area contributed by atoms with Crippen molar-refractivity contribution in [1.82, 2.24) is 0 Å². The molecular formula is C11H8Cl2O2. The van der Waals surface area contributed by atoms with Crippen molar-refractivity contribution in [2.24, 2.45) is 0 Å². The summed E-state index contributed by atoms with van der Waals surface area (Å²) in [5.41, 5.74) is 0.314. The fourth-order valence-corrected chi connectivity index (χ4v) is 1.98. The Bertz CT molecular complexity index is 418. The molecule has 0 spiro atoms. The molecule has 0 aliphatic carbocycles. The lowest BCUT2D eigenvalue weighted by Crippen LogP contribution is -2.05. The molecule has 0 atom stereocenters. The smallest absolute Gasteiger partial charge is 0.230 e. The third-order valence-electron chi connectivity index (χ3n) is 2.12. The maximum absolute atomic E-state index is 11.9. The SMILES string of the molecule is O=C(C1=CCCO1)c1c(Cl)cccc1Cl. The second-order valence-electron chi connectivity index (χ2n) is 3.13. The summed E-state index contributed by atoms with van der Waals surface area (Å²) < 4.78 is 5.17. The Labute approximate surface area is 97.4 Å². The highest BCUT2D eigenvalue weighted by Gasteiger charge is 2.21. The number of carbonyl (C=O) groups excluding carboxylic acids is 1. The molecule has 4 heteroatoms. The lowest BCUT2D eigenvalue weighted by Gasteiger charge is -2.06. The van der Waals surface area contributed by atoms with Crippen LogP contribution in [-0.4, -0.2) is 12.4 Å². The number of halogens is 2. The number of rotatable bonds is 2. The van der Waals surface area contributed by atoms with Crippen molar-refractivity contribution in [2.45, 2.75) is 6.42 Å². The summed E-state index contributed by atoms with van der Waals surface area (Å²) in [5.74, 6) is 0.0908. The molecule has 1 aromatic rings. The van der Waals surface area contributed by atoms with E-state index in [2.05, 4.69) is 0 Å². The molecule has 0 fully saturated rings. The van der Waals surface area contributed by atoms with E-state index in [1.54, 1.807) is 24.3 Å². The molecule has 1 aliphatic heterocycles. The van der Waals surface area contributed by atoms with Gasteiger partial charge in [-0.05, 0) is 18.2 Å². The molecule has 0 radical (unpaired) electrons. The van der Waals surface area contributed by atoms with E-state index in [0.717, 1.165) is 6.42 Å². The van der Waals surface area contributed by atoms with E-state index in [4.69, 9.17) is 27.9 Å². The molecular weight excluding hydrogens is 235 g/mol. The highest BCUT2D eigenvalue weighted by Crippen LogP contribution is 2.28. The Morgan fingerprint density at radius 2 is 1.93 bits per heavy atom. The Morgan fingerprint density at radius 1 is 1.27 bits per heavy atom. The predicted molar refractivity (Wildman–Crippen MR) is 59.4 cm³/mol. The minimum absolute atomic E-state index is 0.247. The summed E-state index contributed by atoms with van der Waals surface area (Å²) in [4.78, 5) is 11.9. The van der Waals surface area contributed by atoms with Crippen LogP contribution in [0.2, 0.25) is 10.0 Å². The van der Waals surface area contributed by atoms with Crippen LogP contribution >= 0.6 is 23.2 Å². The minimum atomic E-state index is -0.247. The number of Topliss-reactive ketones (excluding diaryl/α,β-unsaturated/α-hetero) is 1. The zero-order chi connectivity index (χ0) is 10.8. The van der Waals surface area contributed by atoms with E-state index in [1.165, 1.54) is 0 Å². The normalized spacial score (nSPS) is 14.7. The van der Waals surface area contributed by atoms with Crippen molar-refractivity contribution in [3.05, 3.63) is 45.6 Å². The molecule has 0 bridgehead atoms. The quantitative estimate of drug-likeness (QED) is 0.743. The van der Waals surface area contributed by atoms with Gasteiger partial charge in [-0.25, -0.2) is 0 Å². The van der Waals surface area contributed by atoms with E-state index >= 15 is 0 Å². The van der Waals surface area contributed by atoms with Crippen LogP contribution in [0.15, 0.2) is 30.0 Å². The molecule has 78 valence electrons. The summed E-state index contributed by atoms with van der Waals surface area (Å²) in [6.07, 6.45) is 2.51. The summed E-state index contributed by atoms with van der Waals surface area (Å²) in [6, 6.07) is 4.97. The number of carbonyl (C=O) groups is 1. The standard InChI is InChI=1S/C11H8Cl2O2/c12-7-3-1-4-8(13)10(7)11(14)9-5-2-6-15-9/h1,3-5H,2,6H2. The van der Waals surface area contributed by atoms with E-state index < -0.39 is 0 Å². The Hall–Kier alpha value is -0.990. The van der Waals surface area contributed by atoms with Crippen LogP contribution in [0, 0.1) is 0 Å². The van der Waals surface area contributed by atoms with Crippen LogP contribution in [0.1, 0.15) is 16.8 Å². The molecule has 1 aliphatic rings. The van der Waals surface area contributed by atoms with Gasteiger partial charge in [0.25, 0.3) is 0 Å². The number of ketones is 1. The van der Waals surface area contributed by atoms with Gasteiger partial charge < -0.3 is 4.74 Å². The maximum Gasteiger partial charge on any atom is 0.230 e. The first kappa shape index (κ1) is 10.5. The number of hydrogen-bond acceptors (Lipinski definition) is 2. The highest BCUT2D eigenvalue weighted by molar-refractivity contribution is 6.40. The van der Waals surface area contributed by atoms with Crippen molar-refractivity contribution in [1.29, 1.82) is 0 Å². The average molecular weight is 243 g/mol. The first-order chi connectivity index (χ1) is 7.20. The molecule has 1 heterocycles. The largest absolute Gasteiger partial charge is 0.489 e. The van der Waals surface area contributed by atoms with Crippen LogP contribution in [0.3, 0.4) is 0 Å². The lowest BCUT2D eigenvalue weighted by molar-refractivity contribution is 0.0942. The second-order valence-corrected chi connectivity index (χ2v) is 3.95. The molecule has 0 unspecified atom stereocenters. The monoisotopic (exact) mass is 242 g/mol. The third-order valence-corrected chi connectivity index (χ3v) is 2.75. The van der Waals surface area contributed by atoms with Crippen LogP contribution in [0.25, 0.3) is 0 Å². The molecule has 15 heavy (non-hydrogen) atoms. The molecule has 0 saturated carbocycles. The molecule has 0 aromatic heterocycles. The van der Waals surface area contributed by atoms with Gasteiger partial charge in [0, 0.05) is 6.42 Å². The van der Waals surface area contributed by atoms with Crippen LogP contribution in [0.4, 0.5) is 0 Å². The van der Waals surface area contributed by atoms with Gasteiger partial charge in [-0.1, -0.05) is 29.3 Å². The number of hydrogen-bond donors (Lipinski definition) is 0. The third kappa shape index (κ3) is 2.01. The lowest BCUT2D eigenvalue weighted by atomic mass is 10.1. The fraction of sp³-hybridized carbons (Fsp3) is 0.182. The van der Waals surface area contributed by atoms with Crippen molar-refractivity contribution in [3.63, 3.8) is 0 Å². The Kier molecular flexibility index (Phi) is 2.98. The molecule has 2 rings (SSSR count). The van der Waals surface area contributed by atoms with Gasteiger partial charge in [0.05, 0.1) is 22.2 Å². The highest BCUT2D eigenvalue weighted by atomic mass is 35.5. The Balaban J connectivity index is 2.41. The van der Waals surface area contributed by atoms with E-state index in [0.29, 0.717) is 28.0 Å². The molecule has 1 aromatic carbocycles. The maximum atomic E-state index is 11.9. The number of benzene rings is 1. The van der Waals surface area contributed by atoms with Crippen LogP contribution in [-0.2, 0) is 4.74 Å². The first-order valence-corrected chi connectivity index (χ1v) is 5.27. The average Bonchev–Trinajstić information content (AvgIpc) is 2.69. The van der Waals surface area contributed by atoms with Gasteiger partial charge in [0.1, 0.15) is 0 Å². The molecule has 2 nitrogen and oxygen atoms in total. The zero-order valence-corrected chi connectivity index (χ0v) is 9.31. The van der Waals surface area contributed by atoms with Crippen molar-refractivity contribution in [2.75, 3.05) is 6.61 Å². The van der Waals surface area contributed by atoms with Gasteiger partial charge in [-0.15, -0.1) is 0 Å². The topological polar surface area (TPSA) is 26.3 Å². The predicted octanol–water partition coefficient (Wildman–Crippen LogP) is 3.48. The summed E-state index contributed by atoms with van der Waals surface area (Å²) >= 11 is 11.8. The van der Waals surface area contributed by atoms with Gasteiger partial charge in [0.2, 0.25) is 5.78 Å². The van der Waals surface area contributed by atoms with E-state index in [9.17, 15) is 4.79 Å². The van der Waals surface area contributed by atoms with Gasteiger partial charge >= 0.3 is 0 Å². The van der Waals surface area contributed by atoms with Crippen LogP contribution in [0.5, 0.6) is 0 Å². The van der Waals surface area contributed by atoms with Gasteiger partial charge in [0.15, 0.2) is 5.76 Å². The number of allylic oxidation sites excluding steroid dienone is 1. The summed E-state index contributed by atoms with van der Waals surface area (Å²) in [6.45, 7) is 0.545. The van der Waals surface area contributed by atoms with E-state index in [1.807, 2.05) is 0 Å².